The molecule has 0 spiro atoms. The molecule has 0 saturated heterocycles. The molecule has 1 aliphatic rings. The van der Waals surface area contributed by atoms with Gasteiger partial charge in [-0.3, -0.25) is 28.8 Å². The molecule has 0 aliphatic heterocycles. The van der Waals surface area contributed by atoms with E-state index in [1.54, 1.807) is 0 Å². The van der Waals surface area contributed by atoms with Gasteiger partial charge in [0, 0.05) is 5.56 Å². The Kier molecular flexibility index (Phi) is 2.57. The summed E-state index contributed by atoms with van der Waals surface area (Å²) in [4.78, 5) is 78.6. The zero-order valence-corrected chi connectivity index (χ0v) is 11.7. The summed E-state index contributed by atoms with van der Waals surface area (Å²) in [5.74, 6) is -0.930. The second kappa shape index (κ2) is 4.42. The summed E-state index contributed by atoms with van der Waals surface area (Å²) in [7, 11) is 0. The Morgan fingerprint density at radius 2 is 1.17 bits per heavy atom. The third-order valence-corrected chi connectivity index (χ3v) is 3.78. The molecule has 24 heavy (non-hydrogen) atoms. The summed E-state index contributed by atoms with van der Waals surface area (Å²) in [6.45, 7) is 0. The molecule has 1 aliphatic carbocycles. The highest BCUT2D eigenvalue weighted by Gasteiger charge is 2.24. The normalized spacial score (nSPS) is 13.7. The number of hydrogen-bond acceptors (Lipinski definition) is 8. The number of carbonyl (C=O) groups is 2. The third-order valence-electron chi connectivity index (χ3n) is 3.78. The SMILES string of the molecule is O=C1C=CC(=O)c2c1ccc1nc3c(=O)c(=O)c(=O)c(=O)c3nc21. The molecule has 2 aromatic carbocycles. The Labute approximate surface area is 130 Å². The lowest BCUT2D eigenvalue weighted by molar-refractivity contribution is 0.0995. The molecule has 8 nitrogen and oxygen atoms in total. The molecule has 0 N–H and O–H groups in total. The molecule has 0 fully saturated rings. The van der Waals surface area contributed by atoms with E-state index >= 15 is 0 Å². The van der Waals surface area contributed by atoms with Gasteiger partial charge in [0.05, 0.1) is 11.1 Å². The summed E-state index contributed by atoms with van der Waals surface area (Å²) in [5.41, 5.74) is -6.52. The summed E-state index contributed by atoms with van der Waals surface area (Å²) in [5, 5.41) is 0. The van der Waals surface area contributed by atoms with Crippen molar-refractivity contribution >= 4 is 33.6 Å². The highest BCUT2D eigenvalue weighted by Crippen LogP contribution is 2.24. The second-order valence-corrected chi connectivity index (χ2v) is 5.16. The predicted octanol–water partition coefficient (Wildman–Crippen LogP) is -0.965. The molecule has 3 aromatic rings. The Morgan fingerprint density at radius 1 is 0.583 bits per heavy atom. The average molecular weight is 320 g/mol. The van der Waals surface area contributed by atoms with Crippen LogP contribution in [0.4, 0.5) is 0 Å². The van der Waals surface area contributed by atoms with Crippen molar-refractivity contribution in [3.8, 4) is 0 Å². The average Bonchev–Trinajstić information content (AvgIpc) is 2.59. The van der Waals surface area contributed by atoms with Gasteiger partial charge < -0.3 is 0 Å². The highest BCUT2D eigenvalue weighted by molar-refractivity contribution is 6.26. The van der Waals surface area contributed by atoms with Crippen LogP contribution in [0.15, 0.2) is 43.5 Å². The van der Waals surface area contributed by atoms with Crippen LogP contribution in [0.25, 0.3) is 22.1 Å². The van der Waals surface area contributed by atoms with Crippen molar-refractivity contribution in [3.05, 3.63) is 76.3 Å². The Balaban J connectivity index is 2.31. The Bertz CT molecular complexity index is 1360. The van der Waals surface area contributed by atoms with Crippen molar-refractivity contribution in [1.82, 2.24) is 9.97 Å². The standard InChI is InChI=1S/C16H4N2O6/c19-7-3-4-8(20)9-5(7)1-2-6-10(9)18-12-11(17-6)13(21)15(23)16(24)14(12)22/h1-4H. The number of hydrogen-bond donors (Lipinski definition) is 0. The minimum atomic E-state index is -1.49. The van der Waals surface area contributed by atoms with Crippen molar-refractivity contribution in [2.24, 2.45) is 0 Å². The van der Waals surface area contributed by atoms with Gasteiger partial charge in [-0.25, -0.2) is 9.97 Å². The van der Waals surface area contributed by atoms with Gasteiger partial charge in [-0.1, -0.05) is 0 Å². The maximum absolute atomic E-state index is 12.1. The summed E-state index contributed by atoms with van der Waals surface area (Å²) >= 11 is 0. The first-order valence-electron chi connectivity index (χ1n) is 6.69. The van der Waals surface area contributed by atoms with Gasteiger partial charge in [0.1, 0.15) is 16.6 Å². The van der Waals surface area contributed by atoms with E-state index in [1.165, 1.54) is 12.1 Å². The molecule has 0 atom stereocenters. The quantitative estimate of drug-likeness (QED) is 0.382. The molecule has 0 saturated carbocycles. The lowest BCUT2D eigenvalue weighted by atomic mass is 9.93. The fourth-order valence-corrected chi connectivity index (χ4v) is 2.64. The van der Waals surface area contributed by atoms with Gasteiger partial charge in [0.2, 0.25) is 0 Å². The molecule has 0 bridgehead atoms. The van der Waals surface area contributed by atoms with Gasteiger partial charge in [0.25, 0.3) is 21.7 Å². The van der Waals surface area contributed by atoms with Crippen LogP contribution in [-0.4, -0.2) is 21.5 Å². The van der Waals surface area contributed by atoms with Crippen LogP contribution in [0.3, 0.4) is 0 Å². The minimum absolute atomic E-state index is 0.0557. The second-order valence-electron chi connectivity index (χ2n) is 5.16. The van der Waals surface area contributed by atoms with E-state index in [0.717, 1.165) is 12.2 Å². The number of carbonyl (C=O) groups excluding carboxylic acids is 2. The zero-order chi connectivity index (χ0) is 17.2. The molecule has 0 radical (unpaired) electrons. The lowest BCUT2D eigenvalue weighted by Crippen LogP contribution is -2.47. The monoisotopic (exact) mass is 320 g/mol. The minimum Gasteiger partial charge on any atom is -0.289 e. The number of allylic oxidation sites excluding steroid dienone is 2. The number of rotatable bonds is 0. The van der Waals surface area contributed by atoms with E-state index in [4.69, 9.17) is 0 Å². The molecule has 0 amide bonds. The lowest BCUT2D eigenvalue weighted by Gasteiger charge is -2.11. The molecule has 4 rings (SSSR count). The summed E-state index contributed by atoms with van der Waals surface area (Å²) in [6, 6.07) is 2.70. The van der Waals surface area contributed by atoms with Crippen LogP contribution in [0, 0.1) is 0 Å². The van der Waals surface area contributed by atoms with Gasteiger partial charge in [-0.05, 0) is 24.3 Å². The van der Waals surface area contributed by atoms with E-state index < -0.39 is 44.3 Å². The molecule has 1 heterocycles. The topological polar surface area (TPSA) is 128 Å². The fourth-order valence-electron chi connectivity index (χ4n) is 2.64. The van der Waals surface area contributed by atoms with Crippen molar-refractivity contribution in [1.29, 1.82) is 0 Å². The van der Waals surface area contributed by atoms with E-state index in [9.17, 15) is 28.8 Å². The number of nitrogens with zero attached hydrogens (tertiary/aromatic N) is 2. The number of ketones is 2. The first kappa shape index (κ1) is 13.9. The maximum atomic E-state index is 12.1. The first-order chi connectivity index (χ1) is 11.4. The van der Waals surface area contributed by atoms with Crippen LogP contribution in [0.2, 0.25) is 0 Å². The number of benzene rings is 2. The van der Waals surface area contributed by atoms with Gasteiger partial charge in [0.15, 0.2) is 11.6 Å². The Hall–Kier alpha value is -3.68. The molecular weight excluding hydrogens is 316 g/mol. The maximum Gasteiger partial charge on any atom is 0.279 e. The smallest absolute Gasteiger partial charge is 0.279 e. The fraction of sp³-hybridized carbons (Fsp3) is 0. The number of fused-ring (bicyclic) bond motifs is 4. The van der Waals surface area contributed by atoms with E-state index in [2.05, 4.69) is 9.97 Å². The largest absolute Gasteiger partial charge is 0.289 e. The molecule has 8 heteroatoms. The highest BCUT2D eigenvalue weighted by atomic mass is 16.2. The van der Waals surface area contributed by atoms with E-state index in [0.29, 0.717) is 0 Å². The van der Waals surface area contributed by atoms with Crippen LogP contribution in [0.5, 0.6) is 0 Å². The third kappa shape index (κ3) is 1.62. The Morgan fingerprint density at radius 3 is 1.83 bits per heavy atom. The molecular formula is C16H4N2O6. The van der Waals surface area contributed by atoms with Crippen LogP contribution >= 0.6 is 0 Å². The first-order valence-corrected chi connectivity index (χ1v) is 6.69. The van der Waals surface area contributed by atoms with Gasteiger partial charge >= 0.3 is 0 Å². The molecule has 114 valence electrons. The van der Waals surface area contributed by atoms with Crippen molar-refractivity contribution < 1.29 is 9.59 Å². The van der Waals surface area contributed by atoms with Gasteiger partial charge in [-0.15, -0.1) is 0 Å². The predicted molar refractivity (Wildman–Crippen MR) is 82.3 cm³/mol. The van der Waals surface area contributed by atoms with E-state index in [-0.39, 0.29) is 22.2 Å². The summed E-state index contributed by atoms with van der Waals surface area (Å²) < 4.78 is 0. The van der Waals surface area contributed by atoms with E-state index in [1.807, 2.05) is 0 Å². The van der Waals surface area contributed by atoms with Crippen LogP contribution in [-0.2, 0) is 0 Å². The molecule has 0 unspecified atom stereocenters. The summed E-state index contributed by atoms with van der Waals surface area (Å²) in [6.07, 6.45) is 2.17. The van der Waals surface area contributed by atoms with Crippen molar-refractivity contribution in [2.75, 3.05) is 0 Å². The zero-order valence-electron chi connectivity index (χ0n) is 11.7. The van der Waals surface area contributed by atoms with Crippen molar-refractivity contribution in [3.63, 3.8) is 0 Å². The van der Waals surface area contributed by atoms with Crippen molar-refractivity contribution in [2.45, 2.75) is 0 Å². The van der Waals surface area contributed by atoms with Gasteiger partial charge in [-0.2, -0.15) is 0 Å². The number of aromatic nitrogens is 2. The van der Waals surface area contributed by atoms with Crippen LogP contribution in [0.1, 0.15) is 20.7 Å². The molecule has 1 aromatic heterocycles. The van der Waals surface area contributed by atoms with Crippen LogP contribution < -0.4 is 21.7 Å².